The highest BCUT2D eigenvalue weighted by Gasteiger charge is 2.47. The Kier molecular flexibility index (Phi) is 5.08. The number of halogens is 4. The molecule has 1 aliphatic heterocycles. The summed E-state index contributed by atoms with van der Waals surface area (Å²) in [5.74, 6) is 0.0820. The maximum atomic E-state index is 13.0. The molecule has 0 aliphatic carbocycles. The van der Waals surface area contributed by atoms with Crippen LogP contribution in [0.5, 0.6) is 0 Å². The molecule has 0 radical (unpaired) electrons. The van der Waals surface area contributed by atoms with Crippen LogP contribution in [0, 0.1) is 0 Å². The first-order chi connectivity index (χ1) is 16.1. The molecule has 4 heterocycles. The molecule has 4 aromatic rings. The highest BCUT2D eigenvalue weighted by Crippen LogP contribution is 2.44. The van der Waals surface area contributed by atoms with Crippen LogP contribution in [0.15, 0.2) is 47.3 Å². The molecule has 0 fully saturated rings. The third kappa shape index (κ3) is 3.58. The van der Waals surface area contributed by atoms with E-state index in [-0.39, 0.29) is 41.2 Å². The third-order valence-electron chi connectivity index (χ3n) is 5.87. The average Bonchev–Trinajstić information content (AvgIpc) is 3.29. The first-order valence-electron chi connectivity index (χ1n) is 10.2. The van der Waals surface area contributed by atoms with Crippen LogP contribution < -0.4 is 11.1 Å². The Hall–Kier alpha value is -3.54. The molecule has 3 N–H and O–H groups in total. The highest BCUT2D eigenvalue weighted by molar-refractivity contribution is 9.10. The maximum Gasteiger partial charge on any atom is 0.389 e. The molecule has 1 atom stereocenters. The monoisotopic (exact) mass is 531 g/mol. The van der Waals surface area contributed by atoms with Crippen LogP contribution in [0.25, 0.3) is 17.2 Å². The van der Waals surface area contributed by atoms with Crippen LogP contribution in [-0.4, -0.2) is 36.4 Å². The molecule has 1 aromatic carbocycles. The number of nitrogen functional groups attached to an aromatic ring is 1. The zero-order chi connectivity index (χ0) is 24.3. The summed E-state index contributed by atoms with van der Waals surface area (Å²) in [6.07, 6.45) is -2.74. The van der Waals surface area contributed by atoms with Crippen molar-refractivity contribution in [1.82, 2.24) is 24.3 Å². The molecule has 1 amide bonds. The molecule has 34 heavy (non-hydrogen) atoms. The summed E-state index contributed by atoms with van der Waals surface area (Å²) >= 11 is 3.34. The first-order valence-corrected chi connectivity index (χ1v) is 11.0. The number of carbonyl (C=O) groups is 1. The fourth-order valence-corrected chi connectivity index (χ4v) is 4.50. The lowest BCUT2D eigenvalue weighted by molar-refractivity contribution is -0.134. The van der Waals surface area contributed by atoms with Crippen LogP contribution in [0.2, 0.25) is 0 Å². The van der Waals surface area contributed by atoms with Gasteiger partial charge in [0.1, 0.15) is 27.3 Å². The number of hydrogen-bond acceptors (Lipinski definition) is 6. The Balaban J connectivity index is 1.63. The third-order valence-corrected chi connectivity index (χ3v) is 6.45. The number of imidazole rings is 1. The molecular weight excluding hydrogens is 515 g/mol. The number of nitrogens with one attached hydrogen (secondary N) is 1. The number of aromatic nitrogens is 5. The number of anilines is 2. The number of aryl methyl sites for hydroxylation is 1. The smallest absolute Gasteiger partial charge is 0.383 e. The second-order valence-corrected chi connectivity index (χ2v) is 8.88. The Labute approximate surface area is 199 Å². The maximum absolute atomic E-state index is 13.0. The van der Waals surface area contributed by atoms with Gasteiger partial charge in [0.05, 0.1) is 17.5 Å². The van der Waals surface area contributed by atoms with Crippen LogP contribution >= 0.6 is 15.9 Å². The predicted octanol–water partition coefficient (Wildman–Crippen LogP) is 4.28. The van der Waals surface area contributed by atoms with E-state index in [1.165, 1.54) is 6.20 Å². The van der Waals surface area contributed by atoms with Crippen LogP contribution in [0.4, 0.5) is 24.8 Å². The van der Waals surface area contributed by atoms with E-state index in [1.807, 2.05) is 30.3 Å². The van der Waals surface area contributed by atoms with Crippen molar-refractivity contribution >= 4 is 39.1 Å². The molecule has 174 valence electrons. The minimum Gasteiger partial charge on any atom is -0.383 e. The largest absolute Gasteiger partial charge is 0.389 e. The number of rotatable bonds is 4. The van der Waals surface area contributed by atoms with Gasteiger partial charge >= 0.3 is 6.18 Å². The van der Waals surface area contributed by atoms with E-state index in [9.17, 15) is 18.0 Å². The molecule has 3 aromatic heterocycles. The molecular formula is C22H17BrF3N7O. The van der Waals surface area contributed by atoms with Crippen LogP contribution in [0.3, 0.4) is 0 Å². The van der Waals surface area contributed by atoms with Crippen molar-refractivity contribution in [3.8, 4) is 11.5 Å². The van der Waals surface area contributed by atoms with Crippen molar-refractivity contribution in [1.29, 1.82) is 0 Å². The predicted molar refractivity (Wildman–Crippen MR) is 122 cm³/mol. The summed E-state index contributed by atoms with van der Waals surface area (Å²) < 4.78 is 40.7. The van der Waals surface area contributed by atoms with Gasteiger partial charge in [-0.25, -0.2) is 19.9 Å². The van der Waals surface area contributed by atoms with E-state index in [0.29, 0.717) is 15.8 Å². The molecule has 8 nitrogen and oxygen atoms in total. The van der Waals surface area contributed by atoms with Gasteiger partial charge in [0.25, 0.3) is 0 Å². The fraction of sp³-hybridized carbons (Fsp3) is 0.227. The minimum absolute atomic E-state index is 0.0737. The Morgan fingerprint density at radius 3 is 2.62 bits per heavy atom. The SMILES string of the molecule is CC1(c2ccccc2)C(=O)Nc2nc(-c3cn4c(Br)cnc4c(CCC(F)(F)F)n3)nc(N)c21. The lowest BCUT2D eigenvalue weighted by Crippen LogP contribution is -2.32. The van der Waals surface area contributed by atoms with Gasteiger partial charge in [-0.1, -0.05) is 30.3 Å². The van der Waals surface area contributed by atoms with Crippen molar-refractivity contribution in [2.75, 3.05) is 11.1 Å². The van der Waals surface area contributed by atoms with E-state index in [0.717, 1.165) is 5.56 Å². The quantitative estimate of drug-likeness (QED) is 0.406. The van der Waals surface area contributed by atoms with Gasteiger partial charge < -0.3 is 11.1 Å². The minimum atomic E-state index is -4.35. The van der Waals surface area contributed by atoms with Gasteiger partial charge in [-0.05, 0) is 28.4 Å². The Morgan fingerprint density at radius 1 is 1.18 bits per heavy atom. The van der Waals surface area contributed by atoms with E-state index in [4.69, 9.17) is 5.73 Å². The summed E-state index contributed by atoms with van der Waals surface area (Å²) in [6.45, 7) is 1.74. The van der Waals surface area contributed by atoms with Gasteiger partial charge in [-0.2, -0.15) is 13.2 Å². The summed E-state index contributed by atoms with van der Waals surface area (Å²) in [4.78, 5) is 30.4. The average molecular weight is 532 g/mol. The molecule has 1 aliphatic rings. The van der Waals surface area contributed by atoms with Gasteiger partial charge in [-0.3, -0.25) is 9.20 Å². The fourth-order valence-electron chi connectivity index (χ4n) is 4.13. The lowest BCUT2D eigenvalue weighted by Gasteiger charge is -2.23. The summed E-state index contributed by atoms with van der Waals surface area (Å²) in [7, 11) is 0. The van der Waals surface area contributed by atoms with Crippen molar-refractivity contribution in [3.63, 3.8) is 0 Å². The number of benzene rings is 1. The summed E-state index contributed by atoms with van der Waals surface area (Å²) in [5, 5.41) is 2.77. The van der Waals surface area contributed by atoms with E-state index < -0.39 is 18.0 Å². The molecule has 0 spiro atoms. The van der Waals surface area contributed by atoms with Crippen molar-refractivity contribution < 1.29 is 18.0 Å². The number of nitrogens with zero attached hydrogens (tertiary/aromatic N) is 5. The zero-order valence-electron chi connectivity index (χ0n) is 17.7. The van der Waals surface area contributed by atoms with E-state index >= 15 is 0 Å². The second-order valence-electron chi connectivity index (χ2n) is 8.06. The van der Waals surface area contributed by atoms with Crippen molar-refractivity contribution in [2.45, 2.75) is 31.4 Å². The topological polar surface area (TPSA) is 111 Å². The van der Waals surface area contributed by atoms with Gasteiger partial charge in [-0.15, -0.1) is 0 Å². The van der Waals surface area contributed by atoms with Crippen molar-refractivity contribution in [3.05, 3.63) is 64.1 Å². The number of hydrogen-bond donors (Lipinski definition) is 2. The molecule has 1 unspecified atom stereocenters. The van der Waals surface area contributed by atoms with E-state index in [2.05, 4.69) is 41.2 Å². The van der Waals surface area contributed by atoms with Crippen LogP contribution in [0.1, 0.15) is 30.2 Å². The first kappa shape index (κ1) is 22.3. The normalized spacial score (nSPS) is 17.7. The molecule has 0 saturated heterocycles. The molecule has 5 rings (SSSR count). The number of nitrogens with two attached hydrogens (primary N) is 1. The van der Waals surface area contributed by atoms with Gasteiger partial charge in [0.2, 0.25) is 5.91 Å². The number of amides is 1. The van der Waals surface area contributed by atoms with Crippen LogP contribution in [-0.2, 0) is 16.6 Å². The lowest BCUT2D eigenvalue weighted by atomic mass is 9.78. The molecule has 12 heteroatoms. The Bertz CT molecular complexity index is 1440. The summed E-state index contributed by atoms with van der Waals surface area (Å²) in [5.41, 5.74) is 7.01. The second kappa shape index (κ2) is 7.76. The van der Waals surface area contributed by atoms with E-state index in [1.54, 1.807) is 17.5 Å². The standard InChI is InChI=1S/C22H17BrF3N7O/c1-21(11-5-3-2-4-6-11)15-16(27)30-17(31-18(15)32-20(21)34)13-10-33-14(23)9-28-19(33)12(29-13)7-8-22(24,25)26/h2-6,9-10H,7-8H2,1H3,(H3,27,30,31,32,34). The van der Waals surface area contributed by atoms with Gasteiger partial charge in [0.15, 0.2) is 11.5 Å². The zero-order valence-corrected chi connectivity index (χ0v) is 19.3. The number of alkyl halides is 3. The highest BCUT2D eigenvalue weighted by atomic mass is 79.9. The van der Waals surface area contributed by atoms with Crippen molar-refractivity contribution in [2.24, 2.45) is 0 Å². The number of fused-ring (bicyclic) bond motifs is 2. The number of carbonyl (C=O) groups excluding carboxylic acids is 1. The Morgan fingerprint density at radius 2 is 1.91 bits per heavy atom. The molecule has 0 bridgehead atoms. The van der Waals surface area contributed by atoms with Gasteiger partial charge in [0, 0.05) is 19.0 Å². The molecule has 0 saturated carbocycles. The summed E-state index contributed by atoms with van der Waals surface area (Å²) in [6, 6.07) is 9.13.